The molecule has 0 N–H and O–H groups in total. The molecule has 1 aliphatic rings. The molecule has 12 rings (SSSR count). The van der Waals surface area contributed by atoms with Gasteiger partial charge in [0.25, 0.3) is 0 Å². The minimum atomic E-state index is -0.115. The number of rotatable bonds is 7. The van der Waals surface area contributed by atoms with Crippen molar-refractivity contribution in [2.75, 3.05) is 4.90 Å². The van der Waals surface area contributed by atoms with Gasteiger partial charge in [-0.25, -0.2) is 0 Å². The number of hydrogen-bond acceptors (Lipinski definition) is 2. The number of furan rings is 1. The lowest BCUT2D eigenvalue weighted by Crippen LogP contribution is -2.16. The number of benzene rings is 10. The molecule has 0 aliphatic heterocycles. The van der Waals surface area contributed by atoms with E-state index in [0.29, 0.717) is 0 Å². The normalized spacial score (nSPS) is 12.7. The Labute approximate surface area is 368 Å². The molecular weight excluding hydrogens is 763 g/mol. The van der Waals surface area contributed by atoms with E-state index in [1.807, 2.05) is 0 Å². The minimum absolute atomic E-state index is 0.115. The molecule has 2 heteroatoms. The highest BCUT2D eigenvalue weighted by Crippen LogP contribution is 2.51. The van der Waals surface area contributed by atoms with Crippen molar-refractivity contribution in [3.05, 3.63) is 236 Å². The topological polar surface area (TPSA) is 16.4 Å². The second-order valence-electron chi connectivity index (χ2n) is 17.3. The van der Waals surface area contributed by atoms with E-state index in [0.717, 1.165) is 61.3 Å². The van der Waals surface area contributed by atoms with Crippen LogP contribution in [-0.2, 0) is 5.41 Å². The third-order valence-corrected chi connectivity index (χ3v) is 13.3. The van der Waals surface area contributed by atoms with Gasteiger partial charge in [-0.05, 0) is 121 Å². The molecule has 63 heavy (non-hydrogen) atoms. The van der Waals surface area contributed by atoms with E-state index in [1.165, 1.54) is 55.3 Å². The van der Waals surface area contributed by atoms with Gasteiger partial charge < -0.3 is 9.32 Å². The third-order valence-electron chi connectivity index (χ3n) is 13.3. The smallest absolute Gasteiger partial charge is 0.143 e. The highest BCUT2D eigenvalue weighted by Gasteiger charge is 2.35. The summed E-state index contributed by atoms with van der Waals surface area (Å²) in [6, 6.07) is 81.4. The minimum Gasteiger partial charge on any atom is -0.455 e. The molecular formula is C61H43NO. The van der Waals surface area contributed by atoms with Crippen molar-refractivity contribution in [1.82, 2.24) is 0 Å². The van der Waals surface area contributed by atoms with E-state index >= 15 is 0 Å². The van der Waals surface area contributed by atoms with Crippen molar-refractivity contribution in [3.63, 3.8) is 0 Å². The zero-order chi connectivity index (χ0) is 42.1. The maximum absolute atomic E-state index is 6.91. The van der Waals surface area contributed by atoms with E-state index in [2.05, 4.69) is 243 Å². The summed E-state index contributed by atoms with van der Waals surface area (Å²) >= 11 is 0. The van der Waals surface area contributed by atoms with E-state index in [4.69, 9.17) is 4.42 Å². The highest BCUT2D eigenvalue weighted by atomic mass is 16.3. The fraction of sp³-hybridized carbons (Fsp3) is 0.0492. The lowest BCUT2D eigenvalue weighted by Gasteiger charge is -2.28. The Morgan fingerprint density at radius 3 is 1.56 bits per heavy atom. The summed E-state index contributed by atoms with van der Waals surface area (Å²) in [4.78, 5) is 2.40. The van der Waals surface area contributed by atoms with Gasteiger partial charge in [-0.1, -0.05) is 190 Å². The summed E-state index contributed by atoms with van der Waals surface area (Å²) in [7, 11) is 0. The Hall–Kier alpha value is -7.94. The van der Waals surface area contributed by atoms with Crippen LogP contribution >= 0.6 is 0 Å². The quantitative estimate of drug-likeness (QED) is 0.160. The number of fused-ring (bicyclic) bond motifs is 8. The van der Waals surface area contributed by atoms with Crippen molar-refractivity contribution < 1.29 is 4.42 Å². The molecule has 0 radical (unpaired) electrons. The number of anilines is 3. The fourth-order valence-electron chi connectivity index (χ4n) is 10.1. The van der Waals surface area contributed by atoms with Crippen molar-refractivity contribution in [2.24, 2.45) is 0 Å². The molecule has 0 spiro atoms. The van der Waals surface area contributed by atoms with Gasteiger partial charge in [0.1, 0.15) is 11.2 Å². The van der Waals surface area contributed by atoms with E-state index in [1.54, 1.807) is 0 Å². The van der Waals surface area contributed by atoms with Crippen molar-refractivity contribution in [3.8, 4) is 55.6 Å². The van der Waals surface area contributed by atoms with Gasteiger partial charge in [0.2, 0.25) is 0 Å². The molecule has 0 saturated carbocycles. The molecule has 0 unspecified atom stereocenters. The average Bonchev–Trinajstić information content (AvgIpc) is 3.85. The Morgan fingerprint density at radius 1 is 0.349 bits per heavy atom. The highest BCUT2D eigenvalue weighted by molar-refractivity contribution is 6.25. The summed E-state index contributed by atoms with van der Waals surface area (Å²) in [6.45, 7) is 4.70. The second kappa shape index (κ2) is 14.6. The summed E-state index contributed by atoms with van der Waals surface area (Å²) in [6.07, 6.45) is 0. The fourth-order valence-corrected chi connectivity index (χ4v) is 10.1. The molecule has 10 aromatic carbocycles. The molecule has 1 heterocycles. The molecule has 0 amide bonds. The predicted molar refractivity (Wildman–Crippen MR) is 265 cm³/mol. The van der Waals surface area contributed by atoms with Crippen LogP contribution < -0.4 is 4.90 Å². The SMILES string of the molecule is CC1(C)c2ccccc2-c2ccc(N(c3ccc(-c4ccccc4)cc3)c3ccc(-c4cccc5oc6c(-c7ccc(-c8ccccc8)cc7)cc7ccccc7c6c45)cc3)cc21. The summed E-state index contributed by atoms with van der Waals surface area (Å²) in [5.74, 6) is 0. The van der Waals surface area contributed by atoms with E-state index in [9.17, 15) is 0 Å². The van der Waals surface area contributed by atoms with Crippen LogP contribution in [-0.4, -0.2) is 0 Å². The average molecular weight is 806 g/mol. The van der Waals surface area contributed by atoms with E-state index < -0.39 is 0 Å². The maximum atomic E-state index is 6.91. The standard InChI is InChI=1S/C61H43NO/c1-61(2)55-22-12-11-20-52(55)53-37-36-49(39-56(53)61)62(47-32-28-43(29-33-47)41-16-7-4-8-17-41)48-34-30-44(31-35-48)50-21-13-23-57-58(50)59-51-19-10-9-18-46(51)38-54(60(59)63-57)45-26-24-42(25-27-45)40-14-5-3-6-15-40/h3-39H,1-2H3. The van der Waals surface area contributed by atoms with Crippen LogP contribution in [0.15, 0.2) is 229 Å². The van der Waals surface area contributed by atoms with Crippen molar-refractivity contribution >= 4 is 49.8 Å². The molecule has 0 bridgehead atoms. The summed E-state index contributed by atoms with van der Waals surface area (Å²) in [5.41, 5.74) is 19.7. The lowest BCUT2D eigenvalue weighted by molar-refractivity contribution is 0.660. The van der Waals surface area contributed by atoms with Crippen LogP contribution in [0.5, 0.6) is 0 Å². The Bertz CT molecular complexity index is 3490. The van der Waals surface area contributed by atoms with Gasteiger partial charge in [0, 0.05) is 38.8 Å². The molecule has 1 aromatic heterocycles. The number of nitrogens with zero attached hydrogens (tertiary/aromatic N) is 1. The molecule has 298 valence electrons. The van der Waals surface area contributed by atoms with Gasteiger partial charge in [-0.15, -0.1) is 0 Å². The first-order valence-corrected chi connectivity index (χ1v) is 21.8. The van der Waals surface area contributed by atoms with Crippen LogP contribution in [0.3, 0.4) is 0 Å². The van der Waals surface area contributed by atoms with Gasteiger partial charge in [-0.3, -0.25) is 0 Å². The van der Waals surface area contributed by atoms with Gasteiger partial charge in [0.05, 0.1) is 0 Å². The summed E-state index contributed by atoms with van der Waals surface area (Å²) < 4.78 is 6.91. The zero-order valence-corrected chi connectivity index (χ0v) is 35.2. The lowest BCUT2D eigenvalue weighted by atomic mass is 9.82. The Balaban J connectivity index is 0.983. The molecule has 2 nitrogen and oxygen atoms in total. The molecule has 11 aromatic rings. The molecule has 0 fully saturated rings. The van der Waals surface area contributed by atoms with Crippen LogP contribution in [0.25, 0.3) is 88.3 Å². The summed E-state index contributed by atoms with van der Waals surface area (Å²) in [5, 5.41) is 4.65. The first-order chi connectivity index (χ1) is 31.0. The van der Waals surface area contributed by atoms with Gasteiger partial charge in [0.15, 0.2) is 0 Å². The molecule has 1 aliphatic carbocycles. The zero-order valence-electron chi connectivity index (χ0n) is 35.2. The van der Waals surface area contributed by atoms with Crippen LogP contribution in [0.4, 0.5) is 17.1 Å². The maximum Gasteiger partial charge on any atom is 0.143 e. The second-order valence-corrected chi connectivity index (χ2v) is 17.3. The monoisotopic (exact) mass is 805 g/mol. The van der Waals surface area contributed by atoms with Crippen molar-refractivity contribution in [2.45, 2.75) is 19.3 Å². The predicted octanol–water partition coefficient (Wildman–Crippen LogP) is 17.2. The number of hydrogen-bond donors (Lipinski definition) is 0. The Morgan fingerprint density at radius 2 is 0.857 bits per heavy atom. The van der Waals surface area contributed by atoms with Crippen LogP contribution in [0, 0.1) is 0 Å². The van der Waals surface area contributed by atoms with Gasteiger partial charge in [-0.2, -0.15) is 0 Å². The first kappa shape index (κ1) is 36.9. The van der Waals surface area contributed by atoms with Crippen LogP contribution in [0.2, 0.25) is 0 Å². The van der Waals surface area contributed by atoms with Gasteiger partial charge >= 0.3 is 0 Å². The van der Waals surface area contributed by atoms with Crippen molar-refractivity contribution in [1.29, 1.82) is 0 Å². The Kier molecular flexibility index (Phi) is 8.55. The molecule has 0 atom stereocenters. The largest absolute Gasteiger partial charge is 0.455 e. The molecule has 0 saturated heterocycles. The first-order valence-electron chi connectivity index (χ1n) is 21.8. The third kappa shape index (κ3) is 6.09. The van der Waals surface area contributed by atoms with E-state index in [-0.39, 0.29) is 5.41 Å². The van der Waals surface area contributed by atoms with Crippen LogP contribution in [0.1, 0.15) is 25.0 Å².